The molecule has 0 spiro atoms. The Balaban J connectivity index is 2.21. The number of carbonyl (C=O) groups is 2. The van der Waals surface area contributed by atoms with Crippen LogP contribution in [-0.4, -0.2) is 19.0 Å². The van der Waals surface area contributed by atoms with Crippen molar-refractivity contribution in [2.75, 3.05) is 7.11 Å². The van der Waals surface area contributed by atoms with Crippen molar-refractivity contribution in [3.63, 3.8) is 0 Å². The van der Waals surface area contributed by atoms with Gasteiger partial charge in [0.05, 0.1) is 35.2 Å². The number of esters is 1. The molecule has 0 radical (unpaired) electrons. The summed E-state index contributed by atoms with van der Waals surface area (Å²) in [7, 11) is 1.31. The number of rotatable bonds is 5. The van der Waals surface area contributed by atoms with Crippen molar-refractivity contribution in [1.82, 2.24) is 5.32 Å². The fraction of sp³-hybridized carbons (Fsp3) is 0.200. The third kappa shape index (κ3) is 4.00. The summed E-state index contributed by atoms with van der Waals surface area (Å²) in [6, 6.07) is 8.04. The van der Waals surface area contributed by atoms with Gasteiger partial charge in [-0.3, -0.25) is 9.59 Å². The van der Waals surface area contributed by atoms with Crippen LogP contribution in [0, 0.1) is 0 Å². The maximum atomic E-state index is 12.4. The van der Waals surface area contributed by atoms with Gasteiger partial charge in [0, 0.05) is 4.88 Å². The van der Waals surface area contributed by atoms with Gasteiger partial charge in [-0.05, 0) is 23.6 Å². The Hall–Kier alpha value is -1.56. The second-order valence-electron chi connectivity index (χ2n) is 4.42. The zero-order valence-corrected chi connectivity index (χ0v) is 14.0. The lowest BCUT2D eigenvalue weighted by Crippen LogP contribution is -2.30. The van der Waals surface area contributed by atoms with E-state index in [9.17, 15) is 9.59 Å². The first-order valence-corrected chi connectivity index (χ1v) is 8.01. The molecule has 2 rings (SSSR count). The number of amides is 1. The molecule has 0 bridgehead atoms. The van der Waals surface area contributed by atoms with Gasteiger partial charge >= 0.3 is 5.97 Å². The number of hydrogen-bond acceptors (Lipinski definition) is 4. The molecule has 0 saturated heterocycles. The Morgan fingerprint density at radius 3 is 2.68 bits per heavy atom. The van der Waals surface area contributed by atoms with Crippen molar-refractivity contribution in [3.8, 4) is 0 Å². The van der Waals surface area contributed by atoms with Crippen LogP contribution in [0.3, 0.4) is 0 Å². The van der Waals surface area contributed by atoms with Crippen LogP contribution >= 0.6 is 34.5 Å². The van der Waals surface area contributed by atoms with Crippen LogP contribution in [-0.2, 0) is 9.53 Å². The van der Waals surface area contributed by atoms with Crippen LogP contribution < -0.4 is 5.32 Å². The van der Waals surface area contributed by atoms with E-state index in [0.717, 1.165) is 4.88 Å². The molecule has 4 nitrogen and oxygen atoms in total. The topological polar surface area (TPSA) is 55.4 Å². The zero-order chi connectivity index (χ0) is 16.1. The lowest BCUT2D eigenvalue weighted by atomic mass is 10.1. The van der Waals surface area contributed by atoms with Crippen LogP contribution in [0.15, 0.2) is 35.7 Å². The number of halogens is 2. The maximum Gasteiger partial charge on any atom is 0.307 e. The molecular formula is C15H13Cl2NO3S. The zero-order valence-electron chi connectivity index (χ0n) is 11.6. The second kappa shape index (κ2) is 7.63. The average molecular weight is 358 g/mol. The fourth-order valence-corrected chi connectivity index (χ4v) is 3.04. The lowest BCUT2D eigenvalue weighted by molar-refractivity contribution is -0.141. The minimum Gasteiger partial charge on any atom is -0.469 e. The van der Waals surface area contributed by atoms with E-state index in [4.69, 9.17) is 23.2 Å². The molecular weight excluding hydrogens is 345 g/mol. The third-order valence-electron chi connectivity index (χ3n) is 2.99. The number of nitrogens with one attached hydrogen (secondary N) is 1. The first-order chi connectivity index (χ1) is 10.5. The van der Waals surface area contributed by atoms with E-state index in [-0.39, 0.29) is 17.0 Å². The minimum atomic E-state index is -0.477. The van der Waals surface area contributed by atoms with Crippen LogP contribution in [0.25, 0.3) is 0 Å². The molecule has 116 valence electrons. The molecule has 0 aliphatic heterocycles. The molecule has 2 aromatic rings. The molecule has 0 unspecified atom stereocenters. The smallest absolute Gasteiger partial charge is 0.307 e. The Bertz CT molecular complexity index is 673. The van der Waals surface area contributed by atoms with Crippen LogP contribution in [0.2, 0.25) is 10.0 Å². The molecule has 1 heterocycles. The Labute approximate surface area is 142 Å². The molecule has 1 aromatic carbocycles. The number of ether oxygens (including phenoxy) is 1. The summed E-state index contributed by atoms with van der Waals surface area (Å²) in [6.45, 7) is 0. The third-order valence-corrected chi connectivity index (χ3v) is 4.79. The number of benzene rings is 1. The summed E-state index contributed by atoms with van der Waals surface area (Å²) in [6.07, 6.45) is 0.0426. The predicted molar refractivity (Wildman–Crippen MR) is 87.6 cm³/mol. The van der Waals surface area contributed by atoms with Gasteiger partial charge in [-0.1, -0.05) is 35.3 Å². The van der Waals surface area contributed by atoms with E-state index < -0.39 is 17.9 Å². The molecule has 1 aromatic heterocycles. The van der Waals surface area contributed by atoms with Gasteiger partial charge in [0.15, 0.2) is 0 Å². The molecule has 22 heavy (non-hydrogen) atoms. The average Bonchev–Trinajstić information content (AvgIpc) is 3.03. The highest BCUT2D eigenvalue weighted by atomic mass is 35.5. The van der Waals surface area contributed by atoms with Crippen LogP contribution in [0.5, 0.6) is 0 Å². The summed E-state index contributed by atoms with van der Waals surface area (Å²) in [5, 5.41) is 5.16. The highest BCUT2D eigenvalue weighted by molar-refractivity contribution is 7.10. The van der Waals surface area contributed by atoms with E-state index >= 15 is 0 Å². The maximum absolute atomic E-state index is 12.4. The molecule has 0 saturated carbocycles. The van der Waals surface area contributed by atoms with Crippen molar-refractivity contribution < 1.29 is 14.3 Å². The Kier molecular flexibility index (Phi) is 5.83. The quantitative estimate of drug-likeness (QED) is 0.819. The van der Waals surface area contributed by atoms with E-state index in [1.807, 2.05) is 17.5 Å². The summed E-state index contributed by atoms with van der Waals surface area (Å²) in [4.78, 5) is 24.8. The van der Waals surface area contributed by atoms with Crippen LogP contribution in [0.1, 0.15) is 27.7 Å². The van der Waals surface area contributed by atoms with Crippen molar-refractivity contribution in [3.05, 3.63) is 56.2 Å². The van der Waals surface area contributed by atoms with E-state index in [1.165, 1.54) is 18.4 Å². The molecule has 1 N–H and O–H groups in total. The van der Waals surface area contributed by atoms with E-state index in [1.54, 1.807) is 18.2 Å². The Morgan fingerprint density at radius 2 is 2.05 bits per heavy atom. The molecule has 0 fully saturated rings. The summed E-state index contributed by atoms with van der Waals surface area (Å²) in [5.74, 6) is -0.800. The van der Waals surface area contributed by atoms with Gasteiger partial charge in [0.25, 0.3) is 5.91 Å². The van der Waals surface area contributed by atoms with Crippen LogP contribution in [0.4, 0.5) is 0 Å². The molecule has 1 atom stereocenters. The number of thiophene rings is 1. The summed E-state index contributed by atoms with van der Waals surface area (Å²) >= 11 is 13.4. The SMILES string of the molecule is COC(=O)C[C@H](NC(=O)c1cccc(Cl)c1Cl)c1cccs1. The second-order valence-corrected chi connectivity index (χ2v) is 6.19. The minimum absolute atomic E-state index is 0.0426. The molecule has 1 amide bonds. The van der Waals surface area contributed by atoms with Crippen molar-refractivity contribution in [2.24, 2.45) is 0 Å². The van der Waals surface area contributed by atoms with Crippen molar-refractivity contribution in [2.45, 2.75) is 12.5 Å². The molecule has 7 heteroatoms. The Morgan fingerprint density at radius 1 is 1.27 bits per heavy atom. The van der Waals surface area contributed by atoms with Gasteiger partial charge < -0.3 is 10.1 Å². The monoisotopic (exact) mass is 357 g/mol. The van der Waals surface area contributed by atoms with Crippen molar-refractivity contribution >= 4 is 46.4 Å². The van der Waals surface area contributed by atoms with Gasteiger partial charge in [-0.25, -0.2) is 0 Å². The van der Waals surface area contributed by atoms with Gasteiger partial charge in [0.2, 0.25) is 0 Å². The van der Waals surface area contributed by atoms with Gasteiger partial charge in [0.1, 0.15) is 0 Å². The number of carbonyl (C=O) groups excluding carboxylic acids is 2. The number of methoxy groups -OCH3 is 1. The van der Waals surface area contributed by atoms with Gasteiger partial charge in [-0.15, -0.1) is 11.3 Å². The van der Waals surface area contributed by atoms with E-state index in [2.05, 4.69) is 10.1 Å². The largest absolute Gasteiger partial charge is 0.469 e. The first-order valence-electron chi connectivity index (χ1n) is 6.38. The lowest BCUT2D eigenvalue weighted by Gasteiger charge is -2.17. The normalized spacial score (nSPS) is 11.8. The fourth-order valence-electron chi connectivity index (χ4n) is 1.88. The van der Waals surface area contributed by atoms with Crippen molar-refractivity contribution in [1.29, 1.82) is 0 Å². The predicted octanol–water partition coefficient (Wildman–Crippen LogP) is 4.09. The summed E-state index contributed by atoms with van der Waals surface area (Å²) < 4.78 is 4.68. The van der Waals surface area contributed by atoms with Gasteiger partial charge in [-0.2, -0.15) is 0 Å². The highest BCUT2D eigenvalue weighted by Gasteiger charge is 2.22. The highest BCUT2D eigenvalue weighted by Crippen LogP contribution is 2.27. The van der Waals surface area contributed by atoms with E-state index in [0.29, 0.717) is 5.02 Å². The summed E-state index contributed by atoms with van der Waals surface area (Å²) in [5.41, 5.74) is 0.264. The standard InChI is InChI=1S/C15H13Cl2NO3S/c1-21-13(19)8-11(12-6-3-7-22-12)18-15(20)9-4-2-5-10(16)14(9)17/h2-7,11H,8H2,1H3,(H,18,20)/t11-/m0/s1. The number of hydrogen-bond donors (Lipinski definition) is 1. The first kappa shape index (κ1) is 16.8. The molecule has 0 aliphatic rings. The molecule has 0 aliphatic carbocycles.